The van der Waals surface area contributed by atoms with Crippen molar-refractivity contribution in [3.05, 3.63) is 84.5 Å². The molecule has 8 nitrogen and oxygen atoms in total. The standard InChI is InChI=1S/C26H26N2O6S/c1-6-34-25(30)22-15(2)27-26-28(23(22)18-9-7-8-10-19(18)32-4)24(29)21(35-26)13-16-11-12-17(31-3)14-20(16)33-5/h7-14,23H,6H2,1-5H3/b21-13+/t23-/m1/s1. The Balaban J connectivity index is 1.98. The van der Waals surface area contributed by atoms with Crippen LogP contribution < -0.4 is 29.1 Å². The van der Waals surface area contributed by atoms with E-state index < -0.39 is 12.0 Å². The van der Waals surface area contributed by atoms with E-state index in [4.69, 9.17) is 18.9 Å². The molecule has 0 N–H and O–H groups in total. The number of carbonyl (C=O) groups is 1. The average molecular weight is 495 g/mol. The number of benzene rings is 2. The highest BCUT2D eigenvalue weighted by Crippen LogP contribution is 2.35. The molecule has 0 radical (unpaired) electrons. The minimum atomic E-state index is -0.749. The lowest BCUT2D eigenvalue weighted by atomic mass is 9.95. The number of hydrogen-bond acceptors (Lipinski definition) is 8. The zero-order chi connectivity index (χ0) is 25.1. The maximum Gasteiger partial charge on any atom is 0.338 e. The van der Waals surface area contributed by atoms with Crippen LogP contribution in [0.25, 0.3) is 6.08 Å². The summed E-state index contributed by atoms with van der Waals surface area (Å²) in [5.41, 5.74) is 1.90. The molecule has 0 fully saturated rings. The second kappa shape index (κ2) is 10.2. The summed E-state index contributed by atoms with van der Waals surface area (Å²) in [5.74, 6) is 1.25. The minimum Gasteiger partial charge on any atom is -0.497 e. The predicted molar refractivity (Wildman–Crippen MR) is 133 cm³/mol. The van der Waals surface area contributed by atoms with E-state index in [0.717, 1.165) is 0 Å². The van der Waals surface area contributed by atoms with Gasteiger partial charge in [0.25, 0.3) is 5.56 Å². The summed E-state index contributed by atoms with van der Waals surface area (Å²) in [6.45, 7) is 3.69. The number of esters is 1. The number of rotatable bonds is 7. The minimum absolute atomic E-state index is 0.204. The second-order valence-electron chi connectivity index (χ2n) is 7.65. The Hall–Kier alpha value is -3.85. The molecule has 9 heteroatoms. The molecule has 0 saturated heterocycles. The number of fused-ring (bicyclic) bond motifs is 1. The molecule has 0 unspecified atom stereocenters. The van der Waals surface area contributed by atoms with Crippen LogP contribution in [-0.4, -0.2) is 38.5 Å². The van der Waals surface area contributed by atoms with E-state index in [0.29, 0.717) is 49.0 Å². The first-order chi connectivity index (χ1) is 16.9. The molecule has 2 aromatic carbocycles. The number of methoxy groups -OCH3 is 3. The molecule has 1 aliphatic rings. The first kappa shape index (κ1) is 24.3. The predicted octanol–water partition coefficient (Wildman–Crippen LogP) is 2.82. The molecule has 2 heterocycles. The van der Waals surface area contributed by atoms with Gasteiger partial charge in [0.05, 0.1) is 43.7 Å². The van der Waals surface area contributed by atoms with Crippen LogP contribution in [0, 0.1) is 0 Å². The molecule has 1 aliphatic heterocycles. The second-order valence-corrected chi connectivity index (χ2v) is 8.66. The van der Waals surface area contributed by atoms with Crippen LogP contribution in [0.15, 0.2) is 63.5 Å². The smallest absolute Gasteiger partial charge is 0.338 e. The number of ether oxygens (including phenoxy) is 4. The number of hydrogen-bond donors (Lipinski definition) is 0. The summed E-state index contributed by atoms with van der Waals surface area (Å²) in [4.78, 5) is 31.9. The van der Waals surface area contributed by atoms with Crippen molar-refractivity contribution < 1.29 is 23.7 Å². The summed E-state index contributed by atoms with van der Waals surface area (Å²) in [6, 6.07) is 11.9. The van der Waals surface area contributed by atoms with Gasteiger partial charge >= 0.3 is 5.97 Å². The molecule has 0 saturated carbocycles. The fourth-order valence-corrected chi connectivity index (χ4v) is 5.09. The first-order valence-electron chi connectivity index (χ1n) is 11.0. The quantitative estimate of drug-likeness (QED) is 0.470. The Labute approximate surface area is 206 Å². The molecular weight excluding hydrogens is 468 g/mol. The van der Waals surface area contributed by atoms with E-state index in [9.17, 15) is 9.59 Å². The normalized spacial score (nSPS) is 15.3. The van der Waals surface area contributed by atoms with Gasteiger partial charge in [-0.25, -0.2) is 9.79 Å². The summed E-state index contributed by atoms with van der Waals surface area (Å²) < 4.78 is 23.7. The zero-order valence-corrected chi connectivity index (χ0v) is 21.0. The fourth-order valence-electron chi connectivity index (χ4n) is 4.06. The van der Waals surface area contributed by atoms with Gasteiger partial charge in [-0.15, -0.1) is 0 Å². The molecule has 1 aromatic heterocycles. The van der Waals surface area contributed by atoms with Gasteiger partial charge < -0.3 is 18.9 Å². The van der Waals surface area contributed by atoms with Crippen molar-refractivity contribution in [3.8, 4) is 17.2 Å². The van der Waals surface area contributed by atoms with Crippen LogP contribution in [-0.2, 0) is 9.53 Å². The maximum absolute atomic E-state index is 13.8. The van der Waals surface area contributed by atoms with Gasteiger partial charge in [-0.3, -0.25) is 9.36 Å². The van der Waals surface area contributed by atoms with Crippen LogP contribution in [0.4, 0.5) is 0 Å². The average Bonchev–Trinajstić information content (AvgIpc) is 3.17. The summed E-state index contributed by atoms with van der Waals surface area (Å²) >= 11 is 1.24. The Morgan fingerprint density at radius 1 is 1.09 bits per heavy atom. The molecule has 0 aliphatic carbocycles. The molecule has 1 atom stereocenters. The molecule has 35 heavy (non-hydrogen) atoms. The highest BCUT2D eigenvalue weighted by atomic mass is 32.1. The van der Waals surface area contributed by atoms with Crippen LogP contribution in [0.2, 0.25) is 0 Å². The number of thiazole rings is 1. The lowest BCUT2D eigenvalue weighted by Crippen LogP contribution is -2.40. The van der Waals surface area contributed by atoms with Gasteiger partial charge in [0, 0.05) is 17.2 Å². The molecule has 3 aromatic rings. The van der Waals surface area contributed by atoms with Gasteiger partial charge in [0.2, 0.25) is 0 Å². The van der Waals surface area contributed by atoms with Crippen LogP contribution in [0.1, 0.15) is 31.0 Å². The van der Waals surface area contributed by atoms with Gasteiger partial charge in [-0.2, -0.15) is 0 Å². The van der Waals surface area contributed by atoms with Crippen LogP contribution in [0.5, 0.6) is 17.2 Å². The van der Waals surface area contributed by atoms with Gasteiger partial charge in [-0.05, 0) is 38.1 Å². The van der Waals surface area contributed by atoms with Crippen molar-refractivity contribution in [3.63, 3.8) is 0 Å². The number of carbonyl (C=O) groups excluding carboxylic acids is 1. The zero-order valence-electron chi connectivity index (χ0n) is 20.2. The molecule has 0 bridgehead atoms. The monoisotopic (exact) mass is 494 g/mol. The third-order valence-corrected chi connectivity index (χ3v) is 6.66. The molecular formula is C26H26N2O6S. The SMILES string of the molecule is CCOC(=O)C1=C(C)N=c2s/c(=C/c3ccc(OC)cc3OC)c(=O)n2[C@@H]1c1ccccc1OC. The third-order valence-electron chi connectivity index (χ3n) is 5.68. The van der Waals surface area contributed by atoms with Crippen molar-refractivity contribution in [1.82, 2.24) is 4.57 Å². The summed E-state index contributed by atoms with van der Waals surface area (Å²) in [7, 11) is 4.69. The van der Waals surface area contributed by atoms with E-state index in [-0.39, 0.29) is 12.2 Å². The van der Waals surface area contributed by atoms with E-state index in [1.165, 1.54) is 15.9 Å². The van der Waals surface area contributed by atoms with Gasteiger partial charge in [0.1, 0.15) is 23.3 Å². The van der Waals surface area contributed by atoms with E-state index in [1.54, 1.807) is 59.5 Å². The Kier molecular flexibility index (Phi) is 7.07. The van der Waals surface area contributed by atoms with Crippen molar-refractivity contribution in [2.24, 2.45) is 4.99 Å². The summed E-state index contributed by atoms with van der Waals surface area (Å²) in [6.07, 6.45) is 1.75. The Morgan fingerprint density at radius 2 is 1.83 bits per heavy atom. The van der Waals surface area contributed by atoms with Crippen molar-refractivity contribution >= 4 is 23.4 Å². The largest absolute Gasteiger partial charge is 0.497 e. The van der Waals surface area contributed by atoms with Gasteiger partial charge in [-0.1, -0.05) is 29.5 Å². The van der Waals surface area contributed by atoms with Crippen LogP contribution in [0.3, 0.4) is 0 Å². The Bertz CT molecular complexity index is 1480. The molecule has 182 valence electrons. The maximum atomic E-state index is 13.8. The van der Waals surface area contributed by atoms with Gasteiger partial charge in [0.15, 0.2) is 4.80 Å². The van der Waals surface area contributed by atoms with E-state index >= 15 is 0 Å². The lowest BCUT2D eigenvalue weighted by molar-refractivity contribution is -0.139. The molecule has 0 amide bonds. The van der Waals surface area contributed by atoms with Crippen molar-refractivity contribution in [2.75, 3.05) is 27.9 Å². The number of para-hydroxylation sites is 1. The molecule has 0 spiro atoms. The summed E-state index contributed by atoms with van der Waals surface area (Å²) in [5, 5.41) is 0. The topological polar surface area (TPSA) is 88.4 Å². The highest BCUT2D eigenvalue weighted by Gasteiger charge is 2.34. The van der Waals surface area contributed by atoms with Crippen molar-refractivity contribution in [2.45, 2.75) is 19.9 Å². The van der Waals surface area contributed by atoms with E-state index in [1.807, 2.05) is 24.3 Å². The number of aromatic nitrogens is 1. The highest BCUT2D eigenvalue weighted by molar-refractivity contribution is 7.07. The third kappa shape index (κ3) is 4.46. The van der Waals surface area contributed by atoms with Crippen molar-refractivity contribution in [1.29, 1.82) is 0 Å². The number of allylic oxidation sites excluding steroid dienone is 1. The first-order valence-corrected chi connectivity index (χ1v) is 11.8. The van der Waals surface area contributed by atoms with E-state index in [2.05, 4.69) is 4.99 Å². The lowest BCUT2D eigenvalue weighted by Gasteiger charge is -2.25. The van der Waals surface area contributed by atoms with Crippen LogP contribution >= 0.6 is 11.3 Å². The Morgan fingerprint density at radius 3 is 2.51 bits per heavy atom. The molecule has 4 rings (SSSR count). The number of nitrogens with zero attached hydrogens (tertiary/aromatic N) is 2. The fraction of sp³-hybridized carbons (Fsp3) is 0.269.